The summed E-state index contributed by atoms with van der Waals surface area (Å²) in [4.78, 5) is 47.5. The standard InChI is InChI=1S/C16H16N2O7S/c1-23-15(21)12-9(13(16(22)24-2)26-14(12)17)8-25-11(20)7-18-6-4-3-5-10(18)19/h3-6H,7-8,17H2,1-2H3. The van der Waals surface area contributed by atoms with Crippen molar-refractivity contribution in [2.24, 2.45) is 0 Å². The van der Waals surface area contributed by atoms with Crippen molar-refractivity contribution in [3.63, 3.8) is 0 Å². The van der Waals surface area contributed by atoms with Crippen molar-refractivity contribution < 1.29 is 28.6 Å². The van der Waals surface area contributed by atoms with Gasteiger partial charge in [-0.15, -0.1) is 11.3 Å². The molecule has 0 aromatic carbocycles. The zero-order valence-electron chi connectivity index (χ0n) is 14.0. The number of esters is 3. The van der Waals surface area contributed by atoms with Crippen LogP contribution >= 0.6 is 11.3 Å². The van der Waals surface area contributed by atoms with Crippen molar-refractivity contribution in [3.8, 4) is 0 Å². The number of nitrogen functional groups attached to an aromatic ring is 1. The molecule has 0 radical (unpaired) electrons. The lowest BCUT2D eigenvalue weighted by Crippen LogP contribution is -2.24. The molecule has 2 rings (SSSR count). The van der Waals surface area contributed by atoms with Crippen LogP contribution in [-0.2, 0) is 32.2 Å². The second-order valence-electron chi connectivity index (χ2n) is 4.96. The molecule has 0 aliphatic rings. The summed E-state index contributed by atoms with van der Waals surface area (Å²) in [5, 5.41) is 0.0441. The minimum atomic E-state index is -0.765. The summed E-state index contributed by atoms with van der Waals surface area (Å²) in [6.45, 7) is -0.719. The first-order chi connectivity index (χ1) is 12.4. The molecule has 0 bridgehead atoms. The highest BCUT2D eigenvalue weighted by Crippen LogP contribution is 2.33. The number of ether oxygens (including phenoxy) is 3. The van der Waals surface area contributed by atoms with E-state index in [1.54, 1.807) is 12.1 Å². The second kappa shape index (κ2) is 8.30. The molecule has 0 fully saturated rings. The lowest BCUT2D eigenvalue weighted by atomic mass is 10.1. The highest BCUT2D eigenvalue weighted by molar-refractivity contribution is 7.18. The Morgan fingerprint density at radius 1 is 1.15 bits per heavy atom. The summed E-state index contributed by atoms with van der Waals surface area (Å²) < 4.78 is 15.6. The molecular formula is C16H16N2O7S. The SMILES string of the molecule is COC(=O)c1sc(N)c(C(=O)OC)c1COC(=O)Cn1ccccc1=O. The van der Waals surface area contributed by atoms with Crippen LogP contribution in [0.4, 0.5) is 5.00 Å². The van der Waals surface area contributed by atoms with E-state index in [0.717, 1.165) is 23.0 Å². The first-order valence-electron chi connectivity index (χ1n) is 7.27. The lowest BCUT2D eigenvalue weighted by Gasteiger charge is -2.09. The maximum absolute atomic E-state index is 12.0. The molecule has 0 spiro atoms. The maximum atomic E-state index is 12.0. The fraction of sp³-hybridized carbons (Fsp3) is 0.250. The molecule has 138 valence electrons. The van der Waals surface area contributed by atoms with Gasteiger partial charge in [-0.1, -0.05) is 6.07 Å². The van der Waals surface area contributed by atoms with Crippen LogP contribution < -0.4 is 11.3 Å². The topological polar surface area (TPSA) is 127 Å². The van der Waals surface area contributed by atoms with Gasteiger partial charge in [0.1, 0.15) is 28.6 Å². The third kappa shape index (κ3) is 4.09. The van der Waals surface area contributed by atoms with Gasteiger partial charge in [0, 0.05) is 17.8 Å². The van der Waals surface area contributed by atoms with Gasteiger partial charge >= 0.3 is 17.9 Å². The zero-order valence-corrected chi connectivity index (χ0v) is 14.8. The molecule has 0 aliphatic heterocycles. The molecule has 10 heteroatoms. The number of nitrogens with zero attached hydrogens (tertiary/aromatic N) is 1. The number of aromatic nitrogens is 1. The number of anilines is 1. The molecule has 0 unspecified atom stereocenters. The number of rotatable bonds is 6. The Balaban J connectivity index is 2.23. The Hall–Kier alpha value is -3.14. The van der Waals surface area contributed by atoms with Gasteiger partial charge in [0.15, 0.2) is 0 Å². The van der Waals surface area contributed by atoms with Crippen LogP contribution in [0.5, 0.6) is 0 Å². The summed E-state index contributed by atoms with van der Waals surface area (Å²) in [5.41, 5.74) is 5.46. The fourth-order valence-electron chi connectivity index (χ4n) is 2.13. The minimum absolute atomic E-state index is 0.0371. The van der Waals surface area contributed by atoms with Gasteiger partial charge in [-0.2, -0.15) is 0 Å². The molecule has 0 aliphatic carbocycles. The number of thiophene rings is 1. The molecule has 26 heavy (non-hydrogen) atoms. The third-order valence-corrected chi connectivity index (χ3v) is 4.41. The number of hydrogen-bond donors (Lipinski definition) is 1. The Kier molecular flexibility index (Phi) is 6.12. The predicted octanol–water partition coefficient (Wildman–Crippen LogP) is 0.809. The summed E-state index contributed by atoms with van der Waals surface area (Å²) in [6.07, 6.45) is 1.44. The molecule has 2 heterocycles. The molecule has 2 aromatic heterocycles. The quantitative estimate of drug-likeness (QED) is 0.576. The summed E-state index contributed by atoms with van der Waals surface area (Å²) >= 11 is 0.831. The van der Waals surface area contributed by atoms with Gasteiger partial charge in [-0.25, -0.2) is 9.59 Å². The Morgan fingerprint density at radius 2 is 1.85 bits per heavy atom. The van der Waals surface area contributed by atoms with Crippen molar-refractivity contribution in [2.45, 2.75) is 13.2 Å². The van der Waals surface area contributed by atoms with Crippen LogP contribution in [0.1, 0.15) is 25.6 Å². The van der Waals surface area contributed by atoms with Crippen molar-refractivity contribution in [1.82, 2.24) is 4.57 Å². The van der Waals surface area contributed by atoms with E-state index in [2.05, 4.69) is 9.47 Å². The third-order valence-electron chi connectivity index (χ3n) is 3.37. The van der Waals surface area contributed by atoms with E-state index in [9.17, 15) is 19.2 Å². The first-order valence-corrected chi connectivity index (χ1v) is 8.09. The van der Waals surface area contributed by atoms with Crippen molar-refractivity contribution in [1.29, 1.82) is 0 Å². The van der Waals surface area contributed by atoms with Crippen LogP contribution in [0.2, 0.25) is 0 Å². The average Bonchev–Trinajstić information content (AvgIpc) is 2.97. The Morgan fingerprint density at radius 3 is 2.46 bits per heavy atom. The smallest absolute Gasteiger partial charge is 0.348 e. The van der Waals surface area contributed by atoms with E-state index in [0.29, 0.717) is 0 Å². The Labute approximate surface area is 151 Å². The van der Waals surface area contributed by atoms with Crippen LogP contribution in [0.3, 0.4) is 0 Å². The zero-order chi connectivity index (χ0) is 19.3. The molecule has 9 nitrogen and oxygen atoms in total. The number of hydrogen-bond acceptors (Lipinski definition) is 9. The van der Waals surface area contributed by atoms with Gasteiger partial charge in [0.05, 0.1) is 14.2 Å². The fourth-order valence-corrected chi connectivity index (χ4v) is 3.11. The molecule has 0 saturated carbocycles. The number of methoxy groups -OCH3 is 2. The van der Waals surface area contributed by atoms with E-state index in [1.165, 1.54) is 19.4 Å². The largest absolute Gasteiger partial charge is 0.465 e. The van der Waals surface area contributed by atoms with Gasteiger partial charge in [0.2, 0.25) is 0 Å². The lowest BCUT2D eigenvalue weighted by molar-refractivity contribution is -0.145. The number of carbonyl (C=O) groups is 3. The van der Waals surface area contributed by atoms with Gasteiger partial charge in [-0.05, 0) is 6.07 Å². The van der Waals surface area contributed by atoms with Gasteiger partial charge in [0.25, 0.3) is 5.56 Å². The van der Waals surface area contributed by atoms with Gasteiger partial charge < -0.3 is 24.5 Å². The van der Waals surface area contributed by atoms with Crippen molar-refractivity contribution in [2.75, 3.05) is 20.0 Å². The van der Waals surface area contributed by atoms with Crippen LogP contribution in [0, 0.1) is 0 Å². The second-order valence-corrected chi connectivity index (χ2v) is 6.01. The molecular weight excluding hydrogens is 364 g/mol. The summed E-state index contributed by atoms with van der Waals surface area (Å²) in [6, 6.07) is 4.44. The molecule has 2 aromatic rings. The normalized spacial score (nSPS) is 10.2. The van der Waals surface area contributed by atoms with E-state index in [4.69, 9.17) is 10.5 Å². The summed E-state index contributed by atoms with van der Waals surface area (Å²) in [7, 11) is 2.34. The Bertz CT molecular complexity index is 900. The monoisotopic (exact) mass is 380 g/mol. The van der Waals surface area contributed by atoms with Crippen molar-refractivity contribution >= 4 is 34.2 Å². The number of nitrogens with two attached hydrogens (primary N) is 1. The first kappa shape index (κ1) is 19.2. The van der Waals surface area contributed by atoms with Crippen LogP contribution in [0.25, 0.3) is 0 Å². The maximum Gasteiger partial charge on any atom is 0.348 e. The molecule has 0 atom stereocenters. The highest BCUT2D eigenvalue weighted by Gasteiger charge is 2.28. The molecule has 0 amide bonds. The molecule has 2 N–H and O–H groups in total. The van der Waals surface area contributed by atoms with E-state index >= 15 is 0 Å². The summed E-state index contributed by atoms with van der Waals surface area (Å²) in [5.74, 6) is -2.21. The van der Waals surface area contributed by atoms with E-state index in [-0.39, 0.29) is 33.1 Å². The number of carbonyl (C=O) groups excluding carboxylic acids is 3. The number of pyridine rings is 1. The van der Waals surface area contributed by atoms with Gasteiger partial charge in [-0.3, -0.25) is 9.59 Å². The average molecular weight is 380 g/mol. The van der Waals surface area contributed by atoms with Crippen LogP contribution in [0.15, 0.2) is 29.2 Å². The molecule has 0 saturated heterocycles. The predicted molar refractivity (Wildman–Crippen MR) is 91.9 cm³/mol. The minimum Gasteiger partial charge on any atom is -0.465 e. The van der Waals surface area contributed by atoms with E-state index < -0.39 is 24.5 Å². The van der Waals surface area contributed by atoms with Crippen LogP contribution in [-0.4, -0.2) is 36.7 Å². The highest BCUT2D eigenvalue weighted by atomic mass is 32.1. The van der Waals surface area contributed by atoms with Crippen molar-refractivity contribution in [3.05, 3.63) is 50.8 Å². The van der Waals surface area contributed by atoms with E-state index in [1.807, 2.05) is 0 Å².